The zero-order chi connectivity index (χ0) is 13.8. The number of hydrogen-bond acceptors (Lipinski definition) is 2. The van der Waals surface area contributed by atoms with Crippen molar-refractivity contribution in [1.82, 2.24) is 15.1 Å². The van der Waals surface area contributed by atoms with Crippen molar-refractivity contribution in [3.8, 4) is 0 Å². The maximum absolute atomic E-state index is 12.2. The Balaban J connectivity index is 1.94. The fraction of sp³-hybridized carbons (Fsp3) is 0.714. The maximum atomic E-state index is 12.2. The highest BCUT2D eigenvalue weighted by Crippen LogP contribution is 2.32. The van der Waals surface area contributed by atoms with Gasteiger partial charge < -0.3 is 5.32 Å². The van der Waals surface area contributed by atoms with E-state index in [1.807, 2.05) is 20.2 Å². The first-order valence-corrected chi connectivity index (χ1v) is 8.14. The lowest BCUT2D eigenvalue weighted by atomic mass is 9.98. The molecule has 1 aliphatic carbocycles. The predicted octanol–water partition coefficient (Wildman–Crippen LogP) is 2.52. The number of amides is 1. The average molecular weight is 328 g/mol. The van der Waals surface area contributed by atoms with Crippen molar-refractivity contribution in [3.63, 3.8) is 0 Å². The second kappa shape index (κ2) is 6.55. The van der Waals surface area contributed by atoms with Gasteiger partial charge in [0, 0.05) is 25.1 Å². The van der Waals surface area contributed by atoms with Gasteiger partial charge >= 0.3 is 0 Å². The van der Waals surface area contributed by atoms with Crippen molar-refractivity contribution in [2.24, 2.45) is 18.9 Å². The van der Waals surface area contributed by atoms with E-state index in [1.54, 1.807) is 4.68 Å². The van der Waals surface area contributed by atoms with Crippen molar-refractivity contribution in [2.45, 2.75) is 32.6 Å². The Morgan fingerprint density at radius 3 is 2.95 bits per heavy atom. The summed E-state index contributed by atoms with van der Waals surface area (Å²) < 4.78 is 1.71. The molecule has 4 nitrogen and oxygen atoms in total. The van der Waals surface area contributed by atoms with Gasteiger partial charge in [-0.05, 0) is 31.1 Å². The Morgan fingerprint density at radius 1 is 1.53 bits per heavy atom. The minimum atomic E-state index is 0.0187. The lowest BCUT2D eigenvalue weighted by Crippen LogP contribution is -2.31. The van der Waals surface area contributed by atoms with Crippen molar-refractivity contribution < 1.29 is 4.79 Å². The molecule has 1 saturated carbocycles. The van der Waals surface area contributed by atoms with Gasteiger partial charge in [0.15, 0.2) is 0 Å². The highest BCUT2D eigenvalue weighted by molar-refractivity contribution is 9.09. The number of halogens is 1. The molecule has 2 rings (SSSR count). The highest BCUT2D eigenvalue weighted by Gasteiger charge is 2.27. The van der Waals surface area contributed by atoms with Crippen LogP contribution >= 0.6 is 15.9 Å². The molecule has 1 heterocycles. The predicted molar refractivity (Wildman–Crippen MR) is 79.5 cm³/mol. The van der Waals surface area contributed by atoms with E-state index in [-0.39, 0.29) is 5.91 Å². The maximum Gasteiger partial charge on any atom is 0.254 e. The number of rotatable bonds is 5. The number of carbonyl (C=O) groups is 1. The molecule has 1 aromatic heterocycles. The molecule has 0 saturated heterocycles. The lowest BCUT2D eigenvalue weighted by molar-refractivity contribution is 0.0944. The van der Waals surface area contributed by atoms with Gasteiger partial charge in [0.2, 0.25) is 0 Å². The Bertz CT molecular complexity index is 444. The molecule has 2 atom stereocenters. The van der Waals surface area contributed by atoms with Crippen LogP contribution in [0.25, 0.3) is 0 Å². The van der Waals surface area contributed by atoms with Crippen LogP contribution in [0, 0.1) is 11.8 Å². The van der Waals surface area contributed by atoms with Crippen LogP contribution in [0.15, 0.2) is 6.20 Å². The summed E-state index contributed by atoms with van der Waals surface area (Å²) in [6.45, 7) is 2.81. The van der Waals surface area contributed by atoms with Crippen LogP contribution in [0.5, 0.6) is 0 Å². The number of hydrogen-bond donors (Lipinski definition) is 1. The van der Waals surface area contributed by atoms with Gasteiger partial charge in [0.1, 0.15) is 0 Å². The molecule has 19 heavy (non-hydrogen) atoms. The van der Waals surface area contributed by atoms with E-state index < -0.39 is 0 Å². The number of alkyl halides is 1. The quantitative estimate of drug-likeness (QED) is 0.845. The van der Waals surface area contributed by atoms with E-state index in [0.29, 0.717) is 11.8 Å². The van der Waals surface area contributed by atoms with E-state index in [1.165, 1.54) is 19.3 Å². The number of aryl methyl sites for hydroxylation is 2. The first-order chi connectivity index (χ1) is 9.15. The van der Waals surface area contributed by atoms with Crippen molar-refractivity contribution in [3.05, 3.63) is 17.5 Å². The molecule has 1 aromatic rings. The summed E-state index contributed by atoms with van der Waals surface area (Å²) in [4.78, 5) is 12.2. The Kier molecular flexibility index (Phi) is 5.02. The second-order valence-corrected chi connectivity index (χ2v) is 5.98. The third-order valence-corrected chi connectivity index (χ3v) is 4.86. The average Bonchev–Trinajstić information content (AvgIpc) is 3.01. The summed E-state index contributed by atoms with van der Waals surface area (Å²) in [5, 5.41) is 8.43. The number of nitrogens with one attached hydrogen (secondary N) is 1. The number of nitrogens with zero attached hydrogens (tertiary/aromatic N) is 2. The summed E-state index contributed by atoms with van der Waals surface area (Å²) in [5.41, 5.74) is 1.60. The van der Waals surface area contributed by atoms with Crippen LogP contribution in [-0.4, -0.2) is 27.6 Å². The molecule has 2 unspecified atom stereocenters. The summed E-state index contributed by atoms with van der Waals surface area (Å²) >= 11 is 3.57. The SMILES string of the molecule is CCc1nn(C)cc1C(=O)NCC1CCCC1CBr. The third-order valence-electron chi connectivity index (χ3n) is 4.02. The van der Waals surface area contributed by atoms with Crippen LogP contribution in [0.2, 0.25) is 0 Å². The fourth-order valence-electron chi connectivity index (χ4n) is 2.89. The van der Waals surface area contributed by atoms with Gasteiger partial charge in [-0.2, -0.15) is 5.10 Å². The molecule has 0 aromatic carbocycles. The topological polar surface area (TPSA) is 46.9 Å². The molecule has 5 heteroatoms. The van der Waals surface area contributed by atoms with E-state index in [4.69, 9.17) is 0 Å². The molecule has 0 bridgehead atoms. The normalized spacial score (nSPS) is 22.7. The molecule has 1 N–H and O–H groups in total. The van der Waals surface area contributed by atoms with Crippen LogP contribution in [0.3, 0.4) is 0 Å². The molecule has 106 valence electrons. The smallest absolute Gasteiger partial charge is 0.254 e. The largest absolute Gasteiger partial charge is 0.352 e. The molecular weight excluding hydrogens is 306 g/mol. The van der Waals surface area contributed by atoms with Crippen LogP contribution in [0.4, 0.5) is 0 Å². The van der Waals surface area contributed by atoms with E-state index >= 15 is 0 Å². The first-order valence-electron chi connectivity index (χ1n) is 7.02. The zero-order valence-electron chi connectivity index (χ0n) is 11.7. The lowest BCUT2D eigenvalue weighted by Gasteiger charge is -2.17. The molecule has 0 radical (unpaired) electrons. The van der Waals surface area contributed by atoms with E-state index in [9.17, 15) is 4.79 Å². The summed E-state index contributed by atoms with van der Waals surface area (Å²) in [7, 11) is 1.85. The molecular formula is C14H22BrN3O. The monoisotopic (exact) mass is 327 g/mol. The van der Waals surface area contributed by atoms with Gasteiger partial charge in [-0.1, -0.05) is 29.3 Å². The van der Waals surface area contributed by atoms with Crippen molar-refractivity contribution in [2.75, 3.05) is 11.9 Å². The Hall–Kier alpha value is -0.840. The fourth-order valence-corrected chi connectivity index (χ4v) is 3.74. The molecule has 0 aliphatic heterocycles. The summed E-state index contributed by atoms with van der Waals surface area (Å²) in [5.74, 6) is 1.34. The van der Waals surface area contributed by atoms with Crippen LogP contribution in [-0.2, 0) is 13.5 Å². The van der Waals surface area contributed by atoms with E-state index in [0.717, 1.165) is 29.6 Å². The van der Waals surface area contributed by atoms with Crippen LogP contribution in [0.1, 0.15) is 42.2 Å². The van der Waals surface area contributed by atoms with Crippen molar-refractivity contribution in [1.29, 1.82) is 0 Å². The standard InChI is InChI=1S/C14H22BrN3O/c1-3-13-12(9-18(2)17-13)14(19)16-8-11-6-4-5-10(11)7-15/h9-11H,3-8H2,1-2H3,(H,16,19). The van der Waals surface area contributed by atoms with Gasteiger partial charge in [0.05, 0.1) is 11.3 Å². The Labute approximate surface area is 123 Å². The highest BCUT2D eigenvalue weighted by atomic mass is 79.9. The van der Waals surface area contributed by atoms with Gasteiger partial charge in [0.25, 0.3) is 5.91 Å². The molecule has 1 fully saturated rings. The first kappa shape index (κ1) is 14.6. The number of carbonyl (C=O) groups excluding carboxylic acids is 1. The zero-order valence-corrected chi connectivity index (χ0v) is 13.2. The minimum Gasteiger partial charge on any atom is -0.352 e. The summed E-state index contributed by atoms with van der Waals surface area (Å²) in [6, 6.07) is 0. The van der Waals surface area contributed by atoms with Gasteiger partial charge in [-0.15, -0.1) is 0 Å². The third kappa shape index (κ3) is 3.38. The van der Waals surface area contributed by atoms with Gasteiger partial charge in [-0.3, -0.25) is 9.48 Å². The minimum absolute atomic E-state index is 0.0187. The van der Waals surface area contributed by atoms with Crippen LogP contribution < -0.4 is 5.32 Å². The molecule has 1 amide bonds. The Morgan fingerprint density at radius 2 is 2.26 bits per heavy atom. The second-order valence-electron chi connectivity index (χ2n) is 5.33. The number of aromatic nitrogens is 2. The molecule has 1 aliphatic rings. The van der Waals surface area contributed by atoms with Gasteiger partial charge in [-0.25, -0.2) is 0 Å². The van der Waals surface area contributed by atoms with E-state index in [2.05, 4.69) is 26.3 Å². The molecule has 0 spiro atoms. The van der Waals surface area contributed by atoms with Crippen molar-refractivity contribution >= 4 is 21.8 Å². The summed E-state index contributed by atoms with van der Waals surface area (Å²) in [6.07, 6.45) is 6.38.